The summed E-state index contributed by atoms with van der Waals surface area (Å²) in [5, 5.41) is 9.58. The maximum atomic E-state index is 12.6. The molecule has 0 fully saturated rings. The van der Waals surface area contributed by atoms with Crippen molar-refractivity contribution in [3.63, 3.8) is 0 Å². The molecule has 0 spiro atoms. The number of sulfone groups is 1. The lowest BCUT2D eigenvalue weighted by atomic mass is 10.1. The number of aliphatic hydroxyl groups is 1. The van der Waals surface area contributed by atoms with Crippen molar-refractivity contribution in [2.45, 2.75) is 17.7 Å². The fraction of sp³-hybridized carbons (Fsp3) is 0.333. The fourth-order valence-electron chi connectivity index (χ4n) is 3.17. The molecule has 0 saturated heterocycles. The number of hydrogen-bond acceptors (Lipinski definition) is 7. The Morgan fingerprint density at radius 3 is 2.52 bits per heavy atom. The van der Waals surface area contributed by atoms with Crippen LogP contribution in [0.4, 0.5) is 0 Å². The predicted octanol–water partition coefficient (Wildman–Crippen LogP) is 3.42. The Bertz CT molecular complexity index is 1100. The molecule has 1 aromatic heterocycles. The number of fused-ring (bicyclic) bond motifs is 1. The molecule has 0 radical (unpaired) electrons. The molecule has 0 aliphatic rings. The van der Waals surface area contributed by atoms with Crippen LogP contribution in [-0.4, -0.2) is 47.4 Å². The van der Waals surface area contributed by atoms with E-state index in [0.29, 0.717) is 40.9 Å². The first-order valence-corrected chi connectivity index (χ1v) is 10.9. The summed E-state index contributed by atoms with van der Waals surface area (Å²) in [6.45, 7) is 0.135. The van der Waals surface area contributed by atoms with Crippen LogP contribution in [0.2, 0.25) is 0 Å². The van der Waals surface area contributed by atoms with Crippen LogP contribution in [0.3, 0.4) is 0 Å². The number of methoxy groups -OCH3 is 2. The maximum absolute atomic E-state index is 12.6. The molecule has 0 unspecified atom stereocenters. The molecule has 3 rings (SSSR count). The van der Waals surface area contributed by atoms with Crippen molar-refractivity contribution in [2.24, 2.45) is 0 Å². The molecule has 2 aromatic carbocycles. The normalized spacial score (nSPS) is 11.7. The molecule has 1 heterocycles. The van der Waals surface area contributed by atoms with E-state index in [1.54, 1.807) is 24.3 Å². The van der Waals surface area contributed by atoms with Gasteiger partial charge < -0.3 is 23.7 Å². The Hall–Kier alpha value is -2.55. The number of ether oxygens (including phenoxy) is 3. The first-order valence-electron chi connectivity index (χ1n) is 9.05. The summed E-state index contributed by atoms with van der Waals surface area (Å²) in [4.78, 5) is 0.131. The molecule has 29 heavy (non-hydrogen) atoms. The van der Waals surface area contributed by atoms with E-state index in [1.165, 1.54) is 14.2 Å². The molecule has 0 aliphatic carbocycles. The van der Waals surface area contributed by atoms with Gasteiger partial charge in [0.25, 0.3) is 0 Å². The molecule has 8 heteroatoms. The van der Waals surface area contributed by atoms with E-state index in [0.717, 1.165) is 11.8 Å². The lowest BCUT2D eigenvalue weighted by Crippen LogP contribution is -2.01. The zero-order chi connectivity index (χ0) is 21.0. The van der Waals surface area contributed by atoms with Crippen LogP contribution in [0.5, 0.6) is 11.5 Å². The van der Waals surface area contributed by atoms with E-state index in [9.17, 15) is 8.42 Å². The SMILES string of the molecule is COCOc1ccc(-c2oc3ccc(CCCO)cc3c2S(C)(=O)=O)cc1OC. The minimum absolute atomic E-state index is 0.0611. The molecule has 7 nitrogen and oxygen atoms in total. The summed E-state index contributed by atoms with van der Waals surface area (Å²) in [6, 6.07) is 10.5. The van der Waals surface area contributed by atoms with Crippen molar-refractivity contribution in [1.29, 1.82) is 0 Å². The number of hydrogen-bond donors (Lipinski definition) is 1. The van der Waals surface area contributed by atoms with Crippen LogP contribution in [0, 0.1) is 0 Å². The van der Waals surface area contributed by atoms with Gasteiger partial charge in [0.05, 0.1) is 7.11 Å². The summed E-state index contributed by atoms with van der Waals surface area (Å²) in [5.74, 6) is 1.16. The summed E-state index contributed by atoms with van der Waals surface area (Å²) in [6.07, 6.45) is 2.41. The summed E-state index contributed by atoms with van der Waals surface area (Å²) >= 11 is 0. The number of rotatable bonds is 9. The molecule has 0 aliphatic heterocycles. The van der Waals surface area contributed by atoms with Crippen molar-refractivity contribution in [2.75, 3.05) is 33.9 Å². The minimum atomic E-state index is -3.58. The van der Waals surface area contributed by atoms with Gasteiger partial charge in [0.15, 0.2) is 33.9 Å². The van der Waals surface area contributed by atoms with Gasteiger partial charge in [0.1, 0.15) is 10.5 Å². The van der Waals surface area contributed by atoms with Crippen molar-refractivity contribution in [3.8, 4) is 22.8 Å². The van der Waals surface area contributed by atoms with Crippen molar-refractivity contribution < 1.29 is 32.2 Å². The Balaban J connectivity index is 2.16. The number of benzene rings is 2. The highest BCUT2D eigenvalue weighted by Gasteiger charge is 2.25. The van der Waals surface area contributed by atoms with Gasteiger partial charge >= 0.3 is 0 Å². The lowest BCUT2D eigenvalue weighted by molar-refractivity contribution is 0.0492. The van der Waals surface area contributed by atoms with Crippen LogP contribution >= 0.6 is 0 Å². The predicted molar refractivity (Wildman–Crippen MR) is 109 cm³/mol. The van der Waals surface area contributed by atoms with E-state index in [4.69, 9.17) is 23.7 Å². The van der Waals surface area contributed by atoms with E-state index in [1.807, 2.05) is 12.1 Å². The standard InChI is InChI=1S/C21H24O7S/c1-25-13-27-18-9-7-15(12-19(18)26-2)20-21(29(3,23)24)16-11-14(5-4-10-22)6-8-17(16)28-20/h6-9,11-12,22H,4-5,10,13H2,1-3H3. The lowest BCUT2D eigenvalue weighted by Gasteiger charge is -2.11. The summed E-state index contributed by atoms with van der Waals surface area (Å²) in [7, 11) is -0.563. The fourth-order valence-corrected chi connectivity index (χ4v) is 4.22. The Kier molecular flexibility index (Phi) is 6.46. The number of aliphatic hydroxyl groups excluding tert-OH is 1. The third-order valence-electron chi connectivity index (χ3n) is 4.46. The third kappa shape index (κ3) is 4.55. The Labute approximate surface area is 169 Å². The van der Waals surface area contributed by atoms with Crippen molar-refractivity contribution in [3.05, 3.63) is 42.0 Å². The molecule has 3 aromatic rings. The Morgan fingerprint density at radius 2 is 1.86 bits per heavy atom. The largest absolute Gasteiger partial charge is 0.493 e. The quantitative estimate of drug-likeness (QED) is 0.530. The smallest absolute Gasteiger partial charge is 0.188 e. The van der Waals surface area contributed by atoms with Crippen LogP contribution in [-0.2, 0) is 21.0 Å². The number of aryl methyl sites for hydroxylation is 1. The number of furan rings is 1. The van der Waals surface area contributed by atoms with Gasteiger partial charge in [-0.15, -0.1) is 0 Å². The topological polar surface area (TPSA) is 95.2 Å². The van der Waals surface area contributed by atoms with Crippen LogP contribution in [0.25, 0.3) is 22.3 Å². The molecule has 0 atom stereocenters. The molecule has 1 N–H and O–H groups in total. The van der Waals surface area contributed by atoms with Crippen LogP contribution in [0.1, 0.15) is 12.0 Å². The van der Waals surface area contributed by atoms with Crippen LogP contribution < -0.4 is 9.47 Å². The van der Waals surface area contributed by atoms with Gasteiger partial charge in [-0.3, -0.25) is 0 Å². The van der Waals surface area contributed by atoms with E-state index >= 15 is 0 Å². The highest BCUT2D eigenvalue weighted by Crippen LogP contribution is 2.40. The third-order valence-corrected chi connectivity index (χ3v) is 5.61. The van der Waals surface area contributed by atoms with Gasteiger partial charge in [-0.25, -0.2) is 8.42 Å². The summed E-state index contributed by atoms with van der Waals surface area (Å²) in [5.41, 5.74) is 1.97. The van der Waals surface area contributed by atoms with E-state index in [-0.39, 0.29) is 24.1 Å². The molecule has 0 amide bonds. The van der Waals surface area contributed by atoms with Gasteiger partial charge in [-0.2, -0.15) is 0 Å². The van der Waals surface area contributed by atoms with Gasteiger partial charge in [0.2, 0.25) is 0 Å². The van der Waals surface area contributed by atoms with Crippen molar-refractivity contribution >= 4 is 20.8 Å². The maximum Gasteiger partial charge on any atom is 0.188 e. The zero-order valence-corrected chi connectivity index (χ0v) is 17.4. The van der Waals surface area contributed by atoms with E-state index in [2.05, 4.69) is 0 Å². The van der Waals surface area contributed by atoms with Crippen LogP contribution in [0.15, 0.2) is 45.7 Å². The second-order valence-corrected chi connectivity index (χ2v) is 8.56. The van der Waals surface area contributed by atoms with Gasteiger partial charge in [-0.05, 0) is 48.7 Å². The first-order chi connectivity index (χ1) is 13.9. The van der Waals surface area contributed by atoms with Gasteiger partial charge in [-0.1, -0.05) is 6.07 Å². The average molecular weight is 420 g/mol. The molecule has 156 valence electrons. The minimum Gasteiger partial charge on any atom is -0.493 e. The zero-order valence-electron chi connectivity index (χ0n) is 16.6. The highest BCUT2D eigenvalue weighted by molar-refractivity contribution is 7.91. The highest BCUT2D eigenvalue weighted by atomic mass is 32.2. The first kappa shape index (κ1) is 21.2. The second-order valence-electron chi connectivity index (χ2n) is 6.61. The monoisotopic (exact) mass is 420 g/mol. The van der Waals surface area contributed by atoms with Crippen molar-refractivity contribution in [1.82, 2.24) is 0 Å². The molecule has 0 bridgehead atoms. The average Bonchev–Trinajstić information content (AvgIpc) is 3.09. The Morgan fingerprint density at radius 1 is 1.07 bits per heavy atom. The molecular weight excluding hydrogens is 396 g/mol. The van der Waals surface area contributed by atoms with Gasteiger partial charge in [0, 0.05) is 30.9 Å². The second kappa shape index (κ2) is 8.86. The molecule has 0 saturated carbocycles. The molecular formula is C21H24O7S. The summed E-state index contributed by atoms with van der Waals surface area (Å²) < 4.78 is 46.9. The van der Waals surface area contributed by atoms with E-state index < -0.39 is 9.84 Å².